The maximum atomic E-state index is 12.8. The van der Waals surface area contributed by atoms with Gasteiger partial charge in [0.15, 0.2) is 6.29 Å². The van der Waals surface area contributed by atoms with Crippen molar-refractivity contribution in [3.8, 4) is 22.6 Å². The van der Waals surface area contributed by atoms with Crippen LogP contribution in [0.3, 0.4) is 0 Å². The second-order valence-corrected chi connectivity index (χ2v) is 3.55. The quantitative estimate of drug-likeness (QED) is 0.782. The Morgan fingerprint density at radius 1 is 1.00 bits per heavy atom. The van der Waals surface area contributed by atoms with E-state index >= 15 is 0 Å². The van der Waals surface area contributed by atoms with Crippen LogP contribution in [0, 0.1) is 5.82 Å². The molecule has 0 aromatic heterocycles. The minimum Gasteiger partial charge on any atom is -0.507 e. The minimum absolute atomic E-state index is 0.162. The van der Waals surface area contributed by atoms with E-state index in [1.165, 1.54) is 24.3 Å². The van der Waals surface area contributed by atoms with E-state index in [2.05, 4.69) is 0 Å². The summed E-state index contributed by atoms with van der Waals surface area (Å²) in [7, 11) is 0. The second-order valence-electron chi connectivity index (χ2n) is 3.55. The lowest BCUT2D eigenvalue weighted by molar-refractivity contribution is 0.112. The van der Waals surface area contributed by atoms with Gasteiger partial charge in [0.1, 0.15) is 17.3 Å². The first kappa shape index (κ1) is 11.1. The molecule has 17 heavy (non-hydrogen) atoms. The molecule has 0 atom stereocenters. The van der Waals surface area contributed by atoms with Crippen molar-refractivity contribution in [2.75, 3.05) is 0 Å². The van der Waals surface area contributed by atoms with Crippen molar-refractivity contribution in [3.63, 3.8) is 0 Å². The summed E-state index contributed by atoms with van der Waals surface area (Å²) in [4.78, 5) is 10.5. The minimum atomic E-state index is -0.542. The highest BCUT2D eigenvalue weighted by molar-refractivity contribution is 5.82. The Balaban J connectivity index is 2.53. The molecule has 2 N–H and O–H groups in total. The van der Waals surface area contributed by atoms with Gasteiger partial charge in [-0.15, -0.1) is 0 Å². The predicted octanol–water partition coefficient (Wildman–Crippen LogP) is 2.72. The SMILES string of the molecule is O=Cc1ccc(-c2ccc(F)cc2O)cc1O. The molecule has 0 saturated heterocycles. The van der Waals surface area contributed by atoms with Gasteiger partial charge in [-0.25, -0.2) is 4.39 Å². The highest BCUT2D eigenvalue weighted by Gasteiger charge is 2.08. The molecule has 2 aromatic carbocycles. The molecule has 0 amide bonds. The topological polar surface area (TPSA) is 57.5 Å². The summed E-state index contributed by atoms with van der Waals surface area (Å²) in [6.45, 7) is 0. The van der Waals surface area contributed by atoms with E-state index < -0.39 is 5.82 Å². The number of hydrogen-bond acceptors (Lipinski definition) is 3. The van der Waals surface area contributed by atoms with Gasteiger partial charge < -0.3 is 10.2 Å². The van der Waals surface area contributed by atoms with Gasteiger partial charge in [0.05, 0.1) is 5.56 Å². The molecule has 0 aliphatic carbocycles. The Hall–Kier alpha value is -2.36. The highest BCUT2D eigenvalue weighted by atomic mass is 19.1. The first-order valence-electron chi connectivity index (χ1n) is 4.89. The molecule has 2 aromatic rings. The van der Waals surface area contributed by atoms with Crippen LogP contribution in [0.1, 0.15) is 10.4 Å². The number of carbonyl (C=O) groups is 1. The molecule has 86 valence electrons. The smallest absolute Gasteiger partial charge is 0.153 e. The monoisotopic (exact) mass is 232 g/mol. The Labute approximate surface area is 96.8 Å². The van der Waals surface area contributed by atoms with E-state index in [1.807, 2.05) is 0 Å². The average Bonchev–Trinajstić information content (AvgIpc) is 2.29. The van der Waals surface area contributed by atoms with Crippen LogP contribution in [0.5, 0.6) is 11.5 Å². The lowest BCUT2D eigenvalue weighted by Crippen LogP contribution is -1.85. The van der Waals surface area contributed by atoms with Crippen LogP contribution < -0.4 is 0 Å². The third-order valence-electron chi connectivity index (χ3n) is 2.43. The lowest BCUT2D eigenvalue weighted by Gasteiger charge is -2.06. The van der Waals surface area contributed by atoms with Gasteiger partial charge >= 0.3 is 0 Å². The Morgan fingerprint density at radius 3 is 2.35 bits per heavy atom. The Morgan fingerprint density at radius 2 is 1.76 bits per heavy atom. The third-order valence-corrected chi connectivity index (χ3v) is 2.43. The van der Waals surface area contributed by atoms with E-state index in [1.54, 1.807) is 6.07 Å². The zero-order chi connectivity index (χ0) is 12.4. The normalized spacial score (nSPS) is 10.2. The Kier molecular flexibility index (Phi) is 2.78. The van der Waals surface area contributed by atoms with Gasteiger partial charge in [-0.3, -0.25) is 4.79 Å². The van der Waals surface area contributed by atoms with E-state index in [0.29, 0.717) is 17.4 Å². The number of phenols is 2. The summed E-state index contributed by atoms with van der Waals surface area (Å²) in [5, 5.41) is 19.1. The number of carbonyl (C=O) groups excluding carboxylic acids is 1. The van der Waals surface area contributed by atoms with Crippen molar-refractivity contribution in [3.05, 3.63) is 47.8 Å². The largest absolute Gasteiger partial charge is 0.507 e. The fraction of sp³-hybridized carbons (Fsp3) is 0. The van der Waals surface area contributed by atoms with E-state index in [0.717, 1.165) is 6.07 Å². The van der Waals surface area contributed by atoms with Crippen molar-refractivity contribution >= 4 is 6.29 Å². The molecular weight excluding hydrogens is 223 g/mol. The van der Waals surface area contributed by atoms with Crippen molar-refractivity contribution in [1.29, 1.82) is 0 Å². The Bertz CT molecular complexity index is 579. The molecule has 0 saturated carbocycles. The summed E-state index contributed by atoms with van der Waals surface area (Å²) in [6.07, 6.45) is 0.531. The zero-order valence-corrected chi connectivity index (χ0v) is 8.72. The predicted molar refractivity (Wildman–Crippen MR) is 60.6 cm³/mol. The molecule has 2 rings (SSSR count). The number of halogens is 1. The van der Waals surface area contributed by atoms with Crippen molar-refractivity contribution in [2.45, 2.75) is 0 Å². The standard InChI is InChI=1S/C13H9FO3/c14-10-3-4-11(13(17)6-10)8-1-2-9(7-15)12(16)5-8/h1-7,16-17H. The van der Waals surface area contributed by atoms with E-state index in [4.69, 9.17) is 0 Å². The first-order chi connectivity index (χ1) is 8.11. The maximum absolute atomic E-state index is 12.8. The number of benzene rings is 2. The lowest BCUT2D eigenvalue weighted by atomic mass is 10.0. The van der Waals surface area contributed by atoms with Gasteiger partial charge in [-0.2, -0.15) is 0 Å². The van der Waals surface area contributed by atoms with Crippen molar-refractivity contribution in [2.24, 2.45) is 0 Å². The maximum Gasteiger partial charge on any atom is 0.153 e. The van der Waals surface area contributed by atoms with Gasteiger partial charge in [-0.1, -0.05) is 6.07 Å². The molecule has 0 unspecified atom stereocenters. The van der Waals surface area contributed by atoms with Gasteiger partial charge in [-0.05, 0) is 29.8 Å². The number of aldehydes is 1. The number of hydrogen-bond donors (Lipinski definition) is 2. The molecular formula is C13H9FO3. The number of phenolic OH excluding ortho intramolecular Hbond substituents is 2. The van der Waals surface area contributed by atoms with E-state index in [9.17, 15) is 19.4 Å². The number of aromatic hydroxyl groups is 2. The fourth-order valence-electron chi connectivity index (χ4n) is 1.56. The molecule has 0 spiro atoms. The van der Waals surface area contributed by atoms with Crippen LogP contribution in [-0.4, -0.2) is 16.5 Å². The molecule has 0 bridgehead atoms. The molecule has 0 fully saturated rings. The number of rotatable bonds is 2. The van der Waals surface area contributed by atoms with Crippen LogP contribution in [0.4, 0.5) is 4.39 Å². The molecule has 0 aliphatic rings. The van der Waals surface area contributed by atoms with Crippen molar-refractivity contribution < 1.29 is 19.4 Å². The molecule has 4 heteroatoms. The molecule has 3 nitrogen and oxygen atoms in total. The summed E-state index contributed by atoms with van der Waals surface area (Å²) in [6, 6.07) is 7.94. The molecule has 0 heterocycles. The average molecular weight is 232 g/mol. The van der Waals surface area contributed by atoms with Crippen LogP contribution in [0.15, 0.2) is 36.4 Å². The zero-order valence-electron chi connectivity index (χ0n) is 8.72. The van der Waals surface area contributed by atoms with Crippen molar-refractivity contribution in [1.82, 2.24) is 0 Å². The third kappa shape index (κ3) is 2.10. The summed E-state index contributed by atoms with van der Waals surface area (Å²) in [5.41, 5.74) is 1.06. The fourth-order valence-corrected chi connectivity index (χ4v) is 1.56. The summed E-state index contributed by atoms with van der Waals surface area (Å²) < 4.78 is 12.8. The van der Waals surface area contributed by atoms with Gasteiger partial charge in [0.25, 0.3) is 0 Å². The first-order valence-corrected chi connectivity index (χ1v) is 4.89. The van der Waals surface area contributed by atoms with Gasteiger partial charge in [0.2, 0.25) is 0 Å². The van der Waals surface area contributed by atoms with Crippen LogP contribution in [-0.2, 0) is 0 Å². The second kappa shape index (κ2) is 4.25. The van der Waals surface area contributed by atoms with Crippen LogP contribution in [0.2, 0.25) is 0 Å². The van der Waals surface area contributed by atoms with Crippen LogP contribution >= 0.6 is 0 Å². The van der Waals surface area contributed by atoms with Gasteiger partial charge in [0, 0.05) is 11.6 Å². The highest BCUT2D eigenvalue weighted by Crippen LogP contribution is 2.32. The summed E-state index contributed by atoms with van der Waals surface area (Å²) >= 11 is 0. The molecule has 0 aliphatic heterocycles. The summed E-state index contributed by atoms with van der Waals surface area (Å²) in [5.74, 6) is -0.940. The van der Waals surface area contributed by atoms with E-state index in [-0.39, 0.29) is 17.1 Å². The molecule has 0 radical (unpaired) electrons. The van der Waals surface area contributed by atoms with Crippen LogP contribution in [0.25, 0.3) is 11.1 Å².